The van der Waals surface area contributed by atoms with E-state index in [1.54, 1.807) is 23.3 Å². The third-order valence-electron chi connectivity index (χ3n) is 18.2. The van der Waals surface area contributed by atoms with Crippen molar-refractivity contribution >= 4 is 72.8 Å². The quantitative estimate of drug-likeness (QED) is 0.0372. The lowest BCUT2D eigenvalue weighted by Crippen LogP contribution is -2.39. The van der Waals surface area contributed by atoms with Gasteiger partial charge in [-0.1, -0.05) is 56.3 Å². The molecule has 0 radical (unpaired) electrons. The molecule has 11 aromatic heterocycles. The van der Waals surface area contributed by atoms with Gasteiger partial charge in [-0.05, 0) is 124 Å². The number of rotatable bonds is 23. The predicted molar refractivity (Wildman–Crippen MR) is 366 cm³/mol. The lowest BCUT2D eigenvalue weighted by Gasteiger charge is -2.27. The first-order valence-electron chi connectivity index (χ1n) is 32.2. The number of H-pyrrole nitrogens is 2. The van der Waals surface area contributed by atoms with Gasteiger partial charge in [0.15, 0.2) is 51.9 Å². The highest BCUT2D eigenvalue weighted by molar-refractivity contribution is 5.89. The molecule has 1 aliphatic rings. The zero-order chi connectivity index (χ0) is 64.7. The third kappa shape index (κ3) is 11.9. The van der Waals surface area contributed by atoms with Crippen LogP contribution in [0.4, 0.5) is 17.5 Å². The van der Waals surface area contributed by atoms with E-state index in [0.29, 0.717) is 108 Å². The summed E-state index contributed by atoms with van der Waals surface area (Å²) in [6.45, 7) is 15.9. The Hall–Kier alpha value is -11.5. The fourth-order valence-corrected chi connectivity index (χ4v) is 12.5. The van der Waals surface area contributed by atoms with Crippen LogP contribution < -0.4 is 25.5 Å². The minimum atomic E-state index is -0.00421. The van der Waals surface area contributed by atoms with Crippen molar-refractivity contribution < 1.29 is 14.3 Å². The lowest BCUT2D eigenvalue weighted by atomic mass is 9.93. The molecule has 3 aromatic carbocycles. The number of anilines is 3. The van der Waals surface area contributed by atoms with E-state index in [9.17, 15) is 5.26 Å². The van der Waals surface area contributed by atoms with E-state index in [1.807, 2.05) is 68.0 Å². The molecule has 0 spiro atoms. The largest absolute Gasteiger partial charge is 0.377 e. The monoisotopic (exact) mass is 1260 g/mol. The number of aromatic amines is 2. The lowest BCUT2D eigenvalue weighted by molar-refractivity contribution is -0.875. The van der Waals surface area contributed by atoms with Crippen LogP contribution in [0.15, 0.2) is 153 Å². The zero-order valence-corrected chi connectivity index (χ0v) is 53.6. The summed E-state index contributed by atoms with van der Waals surface area (Å²) in [6.07, 6.45) is 23.6. The van der Waals surface area contributed by atoms with Gasteiger partial charge in [-0.2, -0.15) is 5.26 Å². The number of nitrogens with zero attached hydrogens (tertiary/aromatic N) is 16. The Balaban J connectivity index is 0.622. The maximum Gasteiger partial charge on any atom is 0.234 e. The Morgan fingerprint density at radius 2 is 1.22 bits per heavy atom. The Bertz CT molecular complexity index is 5210. The zero-order valence-electron chi connectivity index (χ0n) is 53.6. The van der Waals surface area contributed by atoms with Crippen molar-refractivity contribution in [2.75, 3.05) is 48.8 Å². The predicted octanol–water partition coefficient (Wildman–Crippen LogP) is 12.3. The van der Waals surface area contributed by atoms with E-state index >= 15 is 0 Å². The van der Waals surface area contributed by atoms with E-state index in [4.69, 9.17) is 54.4 Å². The first kappa shape index (κ1) is 59.8. The number of aromatic nitrogens is 17. The van der Waals surface area contributed by atoms with E-state index < -0.39 is 0 Å². The summed E-state index contributed by atoms with van der Waals surface area (Å²) in [6, 6.07) is 31.5. The van der Waals surface area contributed by atoms with Gasteiger partial charge in [-0.3, -0.25) is 9.97 Å². The number of nitrogens with one attached hydrogen (secondary N) is 5. The average Bonchev–Trinajstić information content (AvgIpc) is 1.69. The summed E-state index contributed by atoms with van der Waals surface area (Å²) in [5, 5.41) is 22.8. The number of hydrogen-bond acceptors (Lipinski definition) is 17. The van der Waals surface area contributed by atoms with Gasteiger partial charge in [0.1, 0.15) is 22.6 Å². The molecule has 1 fully saturated rings. The molecule has 1 saturated heterocycles. The van der Waals surface area contributed by atoms with Crippen molar-refractivity contribution in [3.05, 3.63) is 192 Å². The van der Waals surface area contributed by atoms with Gasteiger partial charge in [0.05, 0.1) is 49.4 Å². The van der Waals surface area contributed by atoms with Gasteiger partial charge in [-0.25, -0.2) is 49.7 Å². The Morgan fingerprint density at radius 1 is 0.621 bits per heavy atom. The second-order valence-electron chi connectivity index (χ2n) is 24.7. The first-order chi connectivity index (χ1) is 46.5. The second-order valence-corrected chi connectivity index (χ2v) is 24.7. The molecular formula is C72H70N21O2+. The van der Waals surface area contributed by atoms with Gasteiger partial charge in [0, 0.05) is 118 Å². The average molecular weight is 1260 g/mol. The molecular weight excluding hydrogens is 1190 g/mol. The third-order valence-corrected chi connectivity index (χ3v) is 18.2. The van der Waals surface area contributed by atoms with Crippen LogP contribution in [0.25, 0.3) is 89.5 Å². The molecule has 23 heteroatoms. The summed E-state index contributed by atoms with van der Waals surface area (Å²) < 4.78 is 13.5. The molecule has 3 unspecified atom stereocenters. The Labute approximate surface area is 546 Å². The van der Waals surface area contributed by atoms with E-state index in [2.05, 4.69) is 158 Å². The summed E-state index contributed by atoms with van der Waals surface area (Å²) in [5.74, 6) is 4.33. The van der Waals surface area contributed by atoms with Crippen LogP contribution >= 0.6 is 0 Å². The van der Waals surface area contributed by atoms with Gasteiger partial charge in [0.2, 0.25) is 18.1 Å². The number of aryl methyl sites for hydroxylation is 2. The van der Waals surface area contributed by atoms with E-state index in [0.717, 1.165) is 74.9 Å². The highest BCUT2D eigenvalue weighted by Crippen LogP contribution is 2.36. The van der Waals surface area contributed by atoms with Crippen molar-refractivity contribution in [3.63, 3.8) is 0 Å². The smallest absolute Gasteiger partial charge is 0.234 e. The summed E-state index contributed by atoms with van der Waals surface area (Å²) in [5.41, 5.74) is 16.0. The second kappa shape index (κ2) is 25.5. The minimum absolute atomic E-state index is 0.00421. The van der Waals surface area contributed by atoms with Crippen molar-refractivity contribution in [1.82, 2.24) is 78.5 Å². The Morgan fingerprint density at radius 3 is 1.91 bits per heavy atom. The molecule has 95 heavy (non-hydrogen) atoms. The molecule has 12 heterocycles. The first-order valence-corrected chi connectivity index (χ1v) is 32.2. The highest BCUT2D eigenvalue weighted by atomic mass is 16.7. The Kier molecular flexibility index (Phi) is 16.1. The van der Waals surface area contributed by atoms with Crippen LogP contribution in [0.2, 0.25) is 0 Å². The topological polar surface area (TPSA) is 270 Å². The standard InChI is InChI=1S/C72H70N21O2/c1-7-44(4)91-39-81-61-67(86-66(89-70(61)91)54-25-43(3)35-90(36-54)95-56-15-12-47(13-16-56)18-21-76-69-63-72(93(41-83-63)55-37-94-38-55)88-65(85-69)53-26-48(28-73)30-75-32-53)77-23-20-51-34-80-60-27-49(14-17-58(51)60)45(5)46(6)92-40-82-62-68(78-22-19-50-33-79-59-11-9-8-10-57(50)59)84-64(87-71(62)92)52-24-42(2)29-74-31-52/h8-17,24-27,29-36,39-41,44-46,55,79-80H,7,18-23,37-38H2,1-6H3,(H,76,85,88)(H,77,86,89)(H,78,84,87)/q+1. The molecule has 23 nitrogen and oxygen atoms in total. The van der Waals surface area contributed by atoms with Crippen LogP contribution in [0.5, 0.6) is 5.75 Å². The molecule has 3 atom stereocenters. The number of pyridine rings is 3. The van der Waals surface area contributed by atoms with Gasteiger partial charge < -0.3 is 44.4 Å². The molecule has 0 aliphatic carbocycles. The minimum Gasteiger partial charge on any atom is -0.377 e. The number of ether oxygens (including phenoxy) is 1. The van der Waals surface area contributed by atoms with Gasteiger partial charge in [-0.15, -0.1) is 0 Å². The van der Waals surface area contributed by atoms with Crippen molar-refractivity contribution in [1.29, 1.82) is 5.26 Å². The van der Waals surface area contributed by atoms with Gasteiger partial charge >= 0.3 is 0 Å². The molecule has 14 aromatic rings. The van der Waals surface area contributed by atoms with Crippen molar-refractivity contribution in [2.45, 2.75) is 91.3 Å². The molecule has 474 valence electrons. The SMILES string of the molecule is CCC(C)n1cnc2c(NCCc3c[nH]c4cc(C(C)C(C)n5cnc6c(NCCc7c[nH]c8ccccc78)nc(-c7cncc(C)c7)nc65)ccc34)nc(-c3cc(C)c[n+](Oc4ccc(CCNc5nc(-c6cncc(C#N)c6)nc6c5ncn6C5COC5)cc4)c3)nc21. The van der Waals surface area contributed by atoms with E-state index in [-0.39, 0.29) is 24.0 Å². The molecule has 0 bridgehead atoms. The number of benzene rings is 3. The summed E-state index contributed by atoms with van der Waals surface area (Å²) >= 11 is 0. The maximum atomic E-state index is 9.57. The van der Waals surface area contributed by atoms with Crippen molar-refractivity contribution in [2.24, 2.45) is 0 Å². The number of imidazole rings is 3. The highest BCUT2D eigenvalue weighted by Gasteiger charge is 2.27. The molecule has 15 rings (SSSR count). The number of nitriles is 1. The van der Waals surface area contributed by atoms with Crippen LogP contribution in [-0.4, -0.2) is 111 Å². The fraction of sp³-hybridized carbons (Fsp3) is 0.264. The summed E-state index contributed by atoms with van der Waals surface area (Å²) in [4.78, 5) is 67.1. The van der Waals surface area contributed by atoms with Gasteiger partial charge in [0.25, 0.3) is 0 Å². The fourth-order valence-electron chi connectivity index (χ4n) is 12.5. The molecule has 0 saturated carbocycles. The van der Waals surface area contributed by atoms with E-state index in [1.165, 1.54) is 33.7 Å². The number of fused-ring (bicyclic) bond motifs is 5. The maximum absolute atomic E-state index is 9.57. The summed E-state index contributed by atoms with van der Waals surface area (Å²) in [7, 11) is 0. The van der Waals surface area contributed by atoms with Crippen LogP contribution in [-0.2, 0) is 24.0 Å². The van der Waals surface area contributed by atoms with Crippen molar-refractivity contribution in [3.8, 4) is 46.0 Å². The van der Waals surface area contributed by atoms with Crippen LogP contribution in [0.3, 0.4) is 0 Å². The van der Waals surface area contributed by atoms with Crippen LogP contribution in [0, 0.1) is 25.2 Å². The molecule has 0 amide bonds. The van der Waals surface area contributed by atoms with Crippen LogP contribution in [0.1, 0.15) is 97.1 Å². The number of para-hydroxylation sites is 1. The number of hydrogen-bond donors (Lipinski definition) is 5. The normalized spacial score (nSPS) is 13.6. The molecule has 5 N–H and O–H groups in total. The molecule has 1 aliphatic heterocycles.